The summed E-state index contributed by atoms with van der Waals surface area (Å²) in [7, 11) is 0. The van der Waals surface area contributed by atoms with Gasteiger partial charge < -0.3 is 5.32 Å². The van der Waals surface area contributed by atoms with Gasteiger partial charge in [-0.15, -0.1) is 0 Å². The Morgan fingerprint density at radius 1 is 0.933 bits per heavy atom. The molecule has 0 aliphatic carbocycles. The number of anilines is 1. The number of aromatic nitrogens is 3. The van der Waals surface area contributed by atoms with Gasteiger partial charge in [-0.05, 0) is 50.2 Å². The van der Waals surface area contributed by atoms with Crippen LogP contribution in [0, 0.1) is 6.92 Å². The van der Waals surface area contributed by atoms with Crippen LogP contribution in [0.25, 0.3) is 27.6 Å². The van der Waals surface area contributed by atoms with Crippen LogP contribution in [0.4, 0.5) is 5.69 Å². The molecule has 2 heterocycles. The highest BCUT2D eigenvalue weighted by atomic mass is 32.2. The first-order chi connectivity index (χ1) is 14.6. The highest BCUT2D eigenvalue weighted by molar-refractivity contribution is 8.00. The summed E-state index contributed by atoms with van der Waals surface area (Å²) in [5.41, 5.74) is 5.57. The topological polar surface area (TPSA) is 59.3 Å². The number of benzene rings is 3. The van der Waals surface area contributed by atoms with Crippen LogP contribution in [0.3, 0.4) is 0 Å². The first-order valence-electron chi connectivity index (χ1n) is 9.80. The van der Waals surface area contributed by atoms with Crippen LogP contribution in [0.2, 0.25) is 0 Å². The normalized spacial score (nSPS) is 12.5. The zero-order valence-corrected chi connectivity index (χ0v) is 17.5. The Labute approximate surface area is 178 Å². The van der Waals surface area contributed by atoms with Gasteiger partial charge in [-0.2, -0.15) is 0 Å². The van der Waals surface area contributed by atoms with E-state index in [0.29, 0.717) is 0 Å². The van der Waals surface area contributed by atoms with Crippen LogP contribution in [0.15, 0.2) is 78.0 Å². The van der Waals surface area contributed by atoms with Crippen LogP contribution >= 0.6 is 11.8 Å². The van der Waals surface area contributed by atoms with E-state index in [-0.39, 0.29) is 11.2 Å². The van der Waals surface area contributed by atoms with E-state index in [2.05, 4.69) is 9.72 Å². The largest absolute Gasteiger partial charge is 0.325 e. The number of thioether (sulfide) groups is 1. The molecule has 0 bridgehead atoms. The minimum absolute atomic E-state index is 0.0589. The Balaban J connectivity index is 1.55. The summed E-state index contributed by atoms with van der Waals surface area (Å²) in [6.07, 6.45) is 0. The van der Waals surface area contributed by atoms with E-state index in [1.165, 1.54) is 11.8 Å². The molecule has 1 amide bonds. The fourth-order valence-electron chi connectivity index (χ4n) is 3.49. The monoisotopic (exact) mass is 412 g/mol. The zero-order chi connectivity index (χ0) is 20.7. The summed E-state index contributed by atoms with van der Waals surface area (Å²) in [4.78, 5) is 22.5. The molecule has 0 spiro atoms. The fourth-order valence-corrected chi connectivity index (χ4v) is 4.41. The summed E-state index contributed by atoms with van der Waals surface area (Å²) in [6.45, 7) is 3.92. The van der Waals surface area contributed by atoms with Crippen molar-refractivity contribution in [2.24, 2.45) is 0 Å². The second kappa shape index (κ2) is 7.46. The Kier molecular flexibility index (Phi) is 4.64. The third-order valence-corrected chi connectivity index (χ3v) is 6.14. The van der Waals surface area contributed by atoms with Crippen LogP contribution in [-0.4, -0.2) is 25.5 Å². The van der Waals surface area contributed by atoms with E-state index in [4.69, 9.17) is 9.97 Å². The average molecular weight is 413 g/mol. The molecule has 0 aliphatic rings. The van der Waals surface area contributed by atoms with Gasteiger partial charge in [0.15, 0.2) is 5.16 Å². The number of hydrogen-bond acceptors (Lipinski definition) is 4. The van der Waals surface area contributed by atoms with E-state index in [1.54, 1.807) is 0 Å². The Morgan fingerprint density at radius 3 is 2.43 bits per heavy atom. The van der Waals surface area contributed by atoms with E-state index in [1.807, 2.05) is 86.6 Å². The molecule has 30 heavy (non-hydrogen) atoms. The summed E-state index contributed by atoms with van der Waals surface area (Å²) in [5.74, 6) is -0.0589. The molecule has 3 aromatic carbocycles. The van der Waals surface area contributed by atoms with Crippen molar-refractivity contribution in [3.63, 3.8) is 0 Å². The molecule has 0 saturated carbocycles. The summed E-state index contributed by atoms with van der Waals surface area (Å²) in [5, 5.41) is 4.41. The lowest BCUT2D eigenvalue weighted by Crippen LogP contribution is -2.22. The van der Waals surface area contributed by atoms with E-state index >= 15 is 0 Å². The van der Waals surface area contributed by atoms with Crippen molar-refractivity contribution in [1.82, 2.24) is 14.4 Å². The molecule has 5 rings (SSSR count). The molecule has 0 fully saturated rings. The lowest BCUT2D eigenvalue weighted by Gasteiger charge is -2.14. The van der Waals surface area contributed by atoms with Gasteiger partial charge in [-0.1, -0.05) is 53.7 Å². The van der Waals surface area contributed by atoms with E-state index in [9.17, 15) is 4.79 Å². The molecule has 0 radical (unpaired) electrons. The molecule has 1 N–H and O–H groups in total. The minimum Gasteiger partial charge on any atom is -0.325 e. The first kappa shape index (κ1) is 18.6. The van der Waals surface area contributed by atoms with Crippen molar-refractivity contribution >= 4 is 50.9 Å². The molecule has 148 valence electrons. The standard InChI is InChI=1S/C24H20N4OS/c1-15-11-13-17(14-12-15)25-23(29)16(2)30-24-27-19-8-4-3-7-18(19)22-26-20-9-5-6-10-21(20)28(22)24/h3-14,16H,1-2H3,(H,25,29). The number of aryl methyl sites for hydroxylation is 1. The zero-order valence-electron chi connectivity index (χ0n) is 16.7. The Bertz CT molecular complexity index is 1390. The van der Waals surface area contributed by atoms with Crippen LogP contribution in [0.5, 0.6) is 0 Å². The summed E-state index contributed by atoms with van der Waals surface area (Å²) < 4.78 is 2.05. The number of carbonyl (C=O) groups is 1. The number of fused-ring (bicyclic) bond motifs is 5. The van der Waals surface area contributed by atoms with Crippen molar-refractivity contribution in [1.29, 1.82) is 0 Å². The van der Waals surface area contributed by atoms with Crippen molar-refractivity contribution in [2.45, 2.75) is 24.3 Å². The highest BCUT2D eigenvalue weighted by Gasteiger charge is 2.20. The lowest BCUT2D eigenvalue weighted by molar-refractivity contribution is -0.115. The molecular formula is C24H20N4OS. The number of nitrogens with zero attached hydrogens (tertiary/aromatic N) is 3. The minimum atomic E-state index is -0.329. The van der Waals surface area contributed by atoms with Gasteiger partial charge in [0.1, 0.15) is 5.65 Å². The lowest BCUT2D eigenvalue weighted by atomic mass is 10.2. The number of amides is 1. The highest BCUT2D eigenvalue weighted by Crippen LogP contribution is 2.31. The molecule has 6 heteroatoms. The van der Waals surface area contributed by atoms with Crippen molar-refractivity contribution in [3.05, 3.63) is 78.4 Å². The van der Waals surface area contributed by atoms with Crippen molar-refractivity contribution in [3.8, 4) is 0 Å². The number of rotatable bonds is 4. The Morgan fingerprint density at radius 2 is 1.63 bits per heavy atom. The molecule has 1 unspecified atom stereocenters. The van der Waals surface area contributed by atoms with Gasteiger partial charge in [0.05, 0.1) is 21.8 Å². The summed E-state index contributed by atoms with van der Waals surface area (Å²) >= 11 is 1.44. The van der Waals surface area contributed by atoms with Crippen LogP contribution < -0.4 is 5.32 Å². The molecule has 5 aromatic rings. The predicted molar refractivity (Wildman–Crippen MR) is 123 cm³/mol. The second-order valence-corrected chi connectivity index (χ2v) is 8.59. The van der Waals surface area contributed by atoms with Gasteiger partial charge in [-0.25, -0.2) is 9.97 Å². The molecule has 5 nitrogen and oxygen atoms in total. The maximum absolute atomic E-state index is 12.8. The third kappa shape index (κ3) is 3.29. The average Bonchev–Trinajstić information content (AvgIpc) is 3.15. The SMILES string of the molecule is Cc1ccc(NC(=O)C(C)Sc2nc3ccccc3c3nc4ccccc4n23)cc1. The number of para-hydroxylation sites is 3. The quantitative estimate of drug-likeness (QED) is 0.314. The van der Waals surface area contributed by atoms with Gasteiger partial charge in [0, 0.05) is 11.1 Å². The van der Waals surface area contributed by atoms with Crippen molar-refractivity contribution < 1.29 is 4.79 Å². The number of imidazole rings is 1. The molecule has 2 aromatic heterocycles. The van der Waals surface area contributed by atoms with Crippen LogP contribution in [-0.2, 0) is 4.79 Å². The van der Waals surface area contributed by atoms with Gasteiger partial charge >= 0.3 is 0 Å². The molecule has 1 atom stereocenters. The smallest absolute Gasteiger partial charge is 0.237 e. The molecular weight excluding hydrogens is 392 g/mol. The molecule has 0 saturated heterocycles. The first-order valence-corrected chi connectivity index (χ1v) is 10.7. The number of carbonyl (C=O) groups excluding carboxylic acids is 1. The molecule has 0 aliphatic heterocycles. The number of nitrogens with one attached hydrogen (secondary N) is 1. The third-order valence-electron chi connectivity index (χ3n) is 5.08. The fraction of sp³-hybridized carbons (Fsp3) is 0.125. The van der Waals surface area contributed by atoms with Gasteiger partial charge in [0.25, 0.3) is 0 Å². The van der Waals surface area contributed by atoms with Gasteiger partial charge in [-0.3, -0.25) is 9.20 Å². The maximum atomic E-state index is 12.8. The Hall–Kier alpha value is -3.38. The summed E-state index contributed by atoms with van der Waals surface area (Å²) in [6, 6.07) is 23.8. The van der Waals surface area contributed by atoms with Crippen LogP contribution in [0.1, 0.15) is 12.5 Å². The van der Waals surface area contributed by atoms with E-state index in [0.717, 1.165) is 44.0 Å². The number of hydrogen-bond donors (Lipinski definition) is 1. The predicted octanol–water partition coefficient (Wildman–Crippen LogP) is 5.46. The van der Waals surface area contributed by atoms with Gasteiger partial charge in [0.2, 0.25) is 5.91 Å². The maximum Gasteiger partial charge on any atom is 0.237 e. The second-order valence-electron chi connectivity index (χ2n) is 7.29. The van der Waals surface area contributed by atoms with E-state index < -0.39 is 0 Å². The van der Waals surface area contributed by atoms with Crippen molar-refractivity contribution in [2.75, 3.05) is 5.32 Å².